The molecule has 10 N–H and O–H groups in total. The molecule has 0 unspecified atom stereocenters. The van der Waals surface area contributed by atoms with Crippen LogP contribution in [0.25, 0.3) is 11.0 Å². The van der Waals surface area contributed by atoms with Gasteiger partial charge in [0.1, 0.15) is 34.2 Å². The van der Waals surface area contributed by atoms with E-state index in [0.717, 1.165) is 24.0 Å². The molecule has 8 aromatic heterocycles. The molecule has 0 aliphatic carbocycles. The zero-order chi connectivity index (χ0) is 68.9. The molecule has 0 bridgehead atoms. The number of amides is 10. The van der Waals surface area contributed by atoms with Gasteiger partial charge in [0, 0.05) is 145 Å². The van der Waals surface area contributed by atoms with Gasteiger partial charge in [-0.25, -0.2) is 9.97 Å². The number of carbonyl (C=O) groups excluding carboxylic acids is 10. The van der Waals surface area contributed by atoms with Crippen molar-refractivity contribution >= 4 is 104 Å². The average Bonchev–Trinajstić information content (AvgIpc) is 1.71. The van der Waals surface area contributed by atoms with Gasteiger partial charge >= 0.3 is 0 Å². The maximum atomic E-state index is 13.1. The summed E-state index contributed by atoms with van der Waals surface area (Å²) in [4.78, 5) is 137. The zero-order valence-corrected chi connectivity index (χ0v) is 55.0. The summed E-state index contributed by atoms with van der Waals surface area (Å²) >= 11 is 0. The minimum Gasteiger partial charge on any atom is -0.359 e. The van der Waals surface area contributed by atoms with E-state index in [0.29, 0.717) is 76.1 Å². The summed E-state index contributed by atoms with van der Waals surface area (Å²) in [7, 11) is 19.2. The van der Waals surface area contributed by atoms with Crippen LogP contribution in [0, 0.1) is 6.92 Å². The molecule has 95 heavy (non-hydrogen) atoms. The van der Waals surface area contributed by atoms with Crippen LogP contribution in [0.5, 0.6) is 0 Å². The number of anilines is 6. The Labute approximate surface area is 546 Å². The maximum Gasteiger partial charge on any atom is 0.287 e. The first-order valence-corrected chi connectivity index (χ1v) is 30.1. The van der Waals surface area contributed by atoms with E-state index >= 15 is 0 Å². The maximum absolute atomic E-state index is 13.1. The summed E-state index contributed by atoms with van der Waals surface area (Å²) in [5.74, 6) is -3.26. The summed E-state index contributed by atoms with van der Waals surface area (Å²) in [6.07, 6.45) is 14.9. The summed E-state index contributed by atoms with van der Waals surface area (Å²) < 4.78 is 13.0. The third-order valence-electron chi connectivity index (χ3n) is 15.0. The van der Waals surface area contributed by atoms with Crippen molar-refractivity contribution in [3.63, 3.8) is 0 Å². The average molecular weight is 1300 g/mol. The Bertz CT molecular complexity index is 4380. The monoisotopic (exact) mass is 1300 g/mol. The molecule has 500 valence electrons. The van der Waals surface area contributed by atoms with Crippen molar-refractivity contribution in [1.82, 2.24) is 72.7 Å². The molecule has 31 heteroatoms. The molecule has 0 atom stereocenters. The number of aromatic nitrogens is 10. The number of fused-ring (bicyclic) bond motifs is 1. The molecule has 0 aliphatic rings. The number of nitrogens with one attached hydrogen (secondary N) is 10. The van der Waals surface area contributed by atoms with Crippen molar-refractivity contribution in [1.29, 1.82) is 0 Å². The standard InChI is InChI=1S/C33H44N10O5.C31H35N11O5/c1-21-13-25(40(4)17-21)31(46)36-23-15-27(42(6)19-23)33(48)38-24-16-28(43(7)20-24)32(47)37-22-14-26(41(5)18-22)30(45)35-11-9-29(44)34-10-8-12-39(2)3;1-32-26(43)7-6-10-33-31(47)27-37-25(16-41(27)4)38-30(46)24-13-20(15-40(24)3)36-29(45)23-12-19(14-39(23)2)35-28(44)18-8-9-22-21(11-18)34-17-42(22)5/h13-20H,8-12H2,1-7H3,(H,34,44)(H,35,45)(H,36,46)(H,37,47)(H,38,48);8-9,11-17H,6-7,10H2,1-5H3,(H,32,43)(H,33,47)(H,35,44)(H,36,45)(H,38,46). The molecule has 10 amide bonds. The highest BCUT2D eigenvalue weighted by Gasteiger charge is 2.23. The molecule has 1 aromatic carbocycles. The summed E-state index contributed by atoms with van der Waals surface area (Å²) in [5, 5.41) is 27.5. The van der Waals surface area contributed by atoms with Crippen LogP contribution in [0.3, 0.4) is 0 Å². The predicted octanol–water partition coefficient (Wildman–Crippen LogP) is 4.29. The highest BCUT2D eigenvalue weighted by molar-refractivity contribution is 6.11. The van der Waals surface area contributed by atoms with Gasteiger partial charge in [-0.3, -0.25) is 47.9 Å². The number of imidazole rings is 2. The normalized spacial score (nSPS) is 11.0. The number of carbonyl (C=O) groups is 10. The Morgan fingerprint density at radius 2 is 0.853 bits per heavy atom. The molecule has 0 radical (unpaired) electrons. The highest BCUT2D eigenvalue weighted by Crippen LogP contribution is 2.23. The van der Waals surface area contributed by atoms with Gasteiger partial charge in [0.15, 0.2) is 5.82 Å². The van der Waals surface area contributed by atoms with Gasteiger partial charge in [-0.1, -0.05) is 0 Å². The van der Waals surface area contributed by atoms with Crippen molar-refractivity contribution in [2.75, 3.05) is 79.2 Å². The van der Waals surface area contributed by atoms with Gasteiger partial charge in [0.05, 0.1) is 45.8 Å². The molecule has 9 rings (SSSR count). The van der Waals surface area contributed by atoms with Gasteiger partial charge in [-0.2, -0.15) is 0 Å². The fraction of sp³-hybridized carbons (Fsp3) is 0.312. The molecule has 9 aromatic rings. The first-order chi connectivity index (χ1) is 45.1. The van der Waals surface area contributed by atoms with E-state index in [-0.39, 0.29) is 77.6 Å². The van der Waals surface area contributed by atoms with Crippen LogP contribution in [0.4, 0.5) is 34.3 Å². The van der Waals surface area contributed by atoms with E-state index in [1.54, 1.807) is 164 Å². The van der Waals surface area contributed by atoms with Gasteiger partial charge < -0.3 is 94.6 Å². The first-order valence-electron chi connectivity index (χ1n) is 30.1. The van der Waals surface area contributed by atoms with Gasteiger partial charge in [-0.05, 0) is 101 Å². The van der Waals surface area contributed by atoms with Gasteiger partial charge in [-0.15, -0.1) is 0 Å². The summed E-state index contributed by atoms with van der Waals surface area (Å²) in [6, 6.07) is 14.7. The number of hydrogen-bond acceptors (Lipinski definition) is 13. The van der Waals surface area contributed by atoms with Crippen LogP contribution < -0.4 is 53.2 Å². The Balaban J connectivity index is 0.000000243. The number of rotatable bonds is 25. The SMILES string of the molecule is CNC(=O)CCCNC(=O)c1nc(NC(=O)c2cc(NC(=O)c3cc(NC(=O)c4ccc5c(c4)ncn5C)cn3C)cn2C)cn1C.Cc1cc(C(=O)Nc2cc(C(=O)Nc3cc(C(=O)Nc4cc(C(=O)NCCC(=O)NCCCN(C)C)n(C)c4)n(C)c3)n(C)c2)n(C)c1. The lowest BCUT2D eigenvalue weighted by Gasteiger charge is -2.10. The lowest BCUT2D eigenvalue weighted by molar-refractivity contribution is -0.121. The molecular formula is C64H79N21O10. The number of aryl methyl sites for hydroxylation is 9. The van der Waals surface area contributed by atoms with E-state index in [1.807, 2.05) is 49.8 Å². The van der Waals surface area contributed by atoms with Crippen LogP contribution >= 0.6 is 0 Å². The number of nitrogens with zero attached hydrogens (tertiary/aromatic N) is 11. The Morgan fingerprint density at radius 1 is 0.421 bits per heavy atom. The fourth-order valence-corrected chi connectivity index (χ4v) is 10.2. The molecule has 0 saturated heterocycles. The second kappa shape index (κ2) is 30.6. The third kappa shape index (κ3) is 17.8. The van der Waals surface area contributed by atoms with E-state index < -0.39 is 29.5 Å². The molecule has 0 spiro atoms. The molecule has 0 aliphatic heterocycles. The minimum atomic E-state index is -0.503. The summed E-state index contributed by atoms with van der Waals surface area (Å²) in [5.41, 5.74) is 6.97. The Morgan fingerprint density at radius 3 is 1.32 bits per heavy atom. The second-order valence-corrected chi connectivity index (χ2v) is 23.0. The largest absolute Gasteiger partial charge is 0.359 e. The van der Waals surface area contributed by atoms with E-state index in [2.05, 4.69) is 63.1 Å². The molecule has 0 saturated carbocycles. The third-order valence-corrected chi connectivity index (χ3v) is 15.0. The van der Waals surface area contributed by atoms with Crippen LogP contribution in [0.1, 0.15) is 115 Å². The number of hydrogen-bond donors (Lipinski definition) is 10. The molecular weight excluding hydrogens is 1220 g/mol. The topological polar surface area (TPSA) is 359 Å². The quantitative estimate of drug-likeness (QED) is 0.0358. The smallest absolute Gasteiger partial charge is 0.287 e. The Kier molecular flexibility index (Phi) is 22.3. The summed E-state index contributed by atoms with van der Waals surface area (Å²) in [6.45, 7) is 3.82. The lowest BCUT2D eigenvalue weighted by Crippen LogP contribution is -2.32. The molecule has 8 heterocycles. The van der Waals surface area contributed by atoms with Crippen LogP contribution in [-0.4, -0.2) is 158 Å². The zero-order valence-electron chi connectivity index (χ0n) is 55.0. The van der Waals surface area contributed by atoms with Crippen molar-refractivity contribution in [2.24, 2.45) is 56.4 Å². The molecule has 31 nitrogen and oxygen atoms in total. The lowest BCUT2D eigenvalue weighted by atomic mass is 10.2. The van der Waals surface area contributed by atoms with Crippen LogP contribution in [0.2, 0.25) is 0 Å². The van der Waals surface area contributed by atoms with Crippen molar-refractivity contribution in [2.45, 2.75) is 32.6 Å². The van der Waals surface area contributed by atoms with Crippen molar-refractivity contribution in [3.8, 4) is 0 Å². The predicted molar refractivity (Wildman–Crippen MR) is 358 cm³/mol. The first kappa shape index (κ1) is 69.1. The Hall–Kier alpha value is -11.8. The van der Waals surface area contributed by atoms with Crippen LogP contribution in [-0.2, 0) is 66.0 Å². The van der Waals surface area contributed by atoms with Crippen molar-refractivity contribution in [3.05, 3.63) is 155 Å². The van der Waals surface area contributed by atoms with E-state index in [9.17, 15) is 47.9 Å². The van der Waals surface area contributed by atoms with Crippen LogP contribution in [0.15, 0.2) is 104 Å². The van der Waals surface area contributed by atoms with Gasteiger partial charge in [0.25, 0.3) is 47.3 Å². The van der Waals surface area contributed by atoms with Gasteiger partial charge in [0.2, 0.25) is 17.6 Å². The second-order valence-electron chi connectivity index (χ2n) is 23.0. The van der Waals surface area contributed by atoms with E-state index in [1.165, 1.54) is 16.8 Å². The molecule has 0 fully saturated rings. The van der Waals surface area contributed by atoms with E-state index in [4.69, 9.17) is 0 Å². The number of benzene rings is 1. The highest BCUT2D eigenvalue weighted by atomic mass is 16.2. The van der Waals surface area contributed by atoms with Crippen molar-refractivity contribution < 1.29 is 47.9 Å². The fourth-order valence-electron chi connectivity index (χ4n) is 10.2. The minimum absolute atomic E-state index is 0.0903.